The molecule has 2 aromatic carbocycles. The molecule has 3 aromatic rings. The van der Waals surface area contributed by atoms with E-state index in [0.717, 1.165) is 16.9 Å². The summed E-state index contributed by atoms with van der Waals surface area (Å²) in [5, 5.41) is 5.35. The number of aryl methyl sites for hydroxylation is 1. The Hall–Kier alpha value is -2.99. The molecule has 1 aliphatic heterocycles. The monoisotopic (exact) mass is 377 g/mol. The zero-order valence-corrected chi connectivity index (χ0v) is 15.7. The molecule has 1 N–H and O–H groups in total. The van der Waals surface area contributed by atoms with Gasteiger partial charge in [0.05, 0.1) is 11.6 Å². The van der Waals surface area contributed by atoms with Crippen LogP contribution < -0.4 is 10.2 Å². The fourth-order valence-electron chi connectivity index (χ4n) is 3.14. The van der Waals surface area contributed by atoms with Crippen molar-refractivity contribution in [2.45, 2.75) is 13.3 Å². The van der Waals surface area contributed by atoms with Crippen molar-refractivity contribution in [2.24, 2.45) is 5.92 Å². The summed E-state index contributed by atoms with van der Waals surface area (Å²) in [4.78, 5) is 31.1. The Kier molecular flexibility index (Phi) is 4.73. The fourth-order valence-corrected chi connectivity index (χ4v) is 3.86. The van der Waals surface area contributed by atoms with Crippen LogP contribution in [0.5, 0.6) is 0 Å². The maximum atomic E-state index is 12.6. The van der Waals surface area contributed by atoms with Gasteiger partial charge in [-0.25, -0.2) is 4.98 Å². The maximum Gasteiger partial charge on any atom is 0.231 e. The molecule has 6 heteroatoms. The van der Waals surface area contributed by atoms with Gasteiger partial charge in [-0.2, -0.15) is 0 Å². The number of rotatable bonds is 4. The van der Waals surface area contributed by atoms with Gasteiger partial charge in [0.1, 0.15) is 0 Å². The molecule has 1 atom stereocenters. The van der Waals surface area contributed by atoms with Gasteiger partial charge in [0.15, 0.2) is 5.13 Å². The SMILES string of the molecule is Cc1ccc(-c2csc(NC(=O)[C@H]3CC(=O)N(c4ccccc4)C3)n2)cc1. The van der Waals surface area contributed by atoms with E-state index in [4.69, 9.17) is 0 Å². The largest absolute Gasteiger partial charge is 0.312 e. The highest BCUT2D eigenvalue weighted by molar-refractivity contribution is 7.14. The van der Waals surface area contributed by atoms with E-state index in [1.165, 1.54) is 16.9 Å². The summed E-state index contributed by atoms with van der Waals surface area (Å²) >= 11 is 1.39. The molecule has 0 radical (unpaired) electrons. The number of anilines is 2. The van der Waals surface area contributed by atoms with Gasteiger partial charge >= 0.3 is 0 Å². The van der Waals surface area contributed by atoms with E-state index in [1.807, 2.05) is 66.9 Å². The summed E-state index contributed by atoms with van der Waals surface area (Å²) < 4.78 is 0. The molecular formula is C21H19N3O2S. The molecule has 2 heterocycles. The van der Waals surface area contributed by atoms with Crippen LogP contribution in [0.1, 0.15) is 12.0 Å². The van der Waals surface area contributed by atoms with Crippen LogP contribution >= 0.6 is 11.3 Å². The molecule has 0 unspecified atom stereocenters. The predicted molar refractivity (Wildman–Crippen MR) is 108 cm³/mol. The lowest BCUT2D eigenvalue weighted by Gasteiger charge is -2.16. The van der Waals surface area contributed by atoms with Gasteiger partial charge in [-0.15, -0.1) is 11.3 Å². The van der Waals surface area contributed by atoms with Crippen molar-refractivity contribution in [3.63, 3.8) is 0 Å². The lowest BCUT2D eigenvalue weighted by molar-refractivity contribution is -0.122. The van der Waals surface area contributed by atoms with Crippen molar-refractivity contribution >= 4 is 34.0 Å². The first-order valence-corrected chi connectivity index (χ1v) is 9.67. The molecule has 27 heavy (non-hydrogen) atoms. The van der Waals surface area contributed by atoms with Crippen LogP contribution in [0.3, 0.4) is 0 Å². The first kappa shape index (κ1) is 17.4. The Bertz CT molecular complexity index is 967. The van der Waals surface area contributed by atoms with E-state index in [0.29, 0.717) is 11.7 Å². The summed E-state index contributed by atoms with van der Waals surface area (Å²) in [6, 6.07) is 17.6. The number of amides is 2. The Morgan fingerprint density at radius 1 is 1.15 bits per heavy atom. The quantitative estimate of drug-likeness (QED) is 0.744. The highest BCUT2D eigenvalue weighted by Gasteiger charge is 2.35. The first-order chi connectivity index (χ1) is 13.1. The molecule has 5 nitrogen and oxygen atoms in total. The summed E-state index contributed by atoms with van der Waals surface area (Å²) in [5.74, 6) is -0.558. The van der Waals surface area contributed by atoms with Crippen LogP contribution in [0.2, 0.25) is 0 Å². The molecule has 1 saturated heterocycles. The molecule has 0 spiro atoms. The number of hydrogen-bond donors (Lipinski definition) is 1. The third kappa shape index (κ3) is 3.75. The molecule has 1 aromatic heterocycles. The zero-order valence-electron chi connectivity index (χ0n) is 14.9. The number of para-hydroxylation sites is 1. The Morgan fingerprint density at radius 2 is 1.89 bits per heavy atom. The average Bonchev–Trinajstić information content (AvgIpc) is 3.30. The first-order valence-electron chi connectivity index (χ1n) is 8.79. The van der Waals surface area contributed by atoms with Gasteiger partial charge in [0.25, 0.3) is 0 Å². The summed E-state index contributed by atoms with van der Waals surface area (Å²) in [6.07, 6.45) is 0.219. The molecule has 0 bridgehead atoms. The normalized spacial score (nSPS) is 16.6. The molecule has 1 fully saturated rings. The van der Waals surface area contributed by atoms with Crippen LogP contribution in [0, 0.1) is 12.8 Å². The second-order valence-corrected chi connectivity index (χ2v) is 7.49. The van der Waals surface area contributed by atoms with E-state index in [2.05, 4.69) is 10.3 Å². The van der Waals surface area contributed by atoms with Gasteiger partial charge in [-0.3, -0.25) is 9.59 Å². The number of carbonyl (C=O) groups is 2. The third-order valence-electron chi connectivity index (χ3n) is 4.65. The van der Waals surface area contributed by atoms with Crippen LogP contribution in [0.15, 0.2) is 60.0 Å². The molecule has 136 valence electrons. The highest BCUT2D eigenvalue weighted by atomic mass is 32.1. The Labute approximate surface area is 161 Å². The van der Waals surface area contributed by atoms with Gasteiger partial charge in [-0.05, 0) is 19.1 Å². The lowest BCUT2D eigenvalue weighted by Crippen LogP contribution is -2.28. The average molecular weight is 377 g/mol. The molecule has 4 rings (SSSR count). The smallest absolute Gasteiger partial charge is 0.231 e. The third-order valence-corrected chi connectivity index (χ3v) is 5.40. The fraction of sp³-hybridized carbons (Fsp3) is 0.190. The zero-order chi connectivity index (χ0) is 18.8. The van der Waals surface area contributed by atoms with Gasteiger partial charge < -0.3 is 10.2 Å². The molecule has 2 amide bonds. The van der Waals surface area contributed by atoms with Gasteiger partial charge in [0.2, 0.25) is 11.8 Å². The minimum absolute atomic E-state index is 0.0270. The van der Waals surface area contributed by atoms with Gasteiger partial charge in [0, 0.05) is 29.6 Å². The Balaban J connectivity index is 1.43. The van der Waals surface area contributed by atoms with Crippen molar-refractivity contribution < 1.29 is 9.59 Å². The van der Waals surface area contributed by atoms with Crippen molar-refractivity contribution in [2.75, 3.05) is 16.8 Å². The number of nitrogens with one attached hydrogen (secondary N) is 1. The van der Waals surface area contributed by atoms with E-state index in [9.17, 15) is 9.59 Å². The summed E-state index contributed by atoms with van der Waals surface area (Å²) in [7, 11) is 0. The second kappa shape index (κ2) is 7.32. The Morgan fingerprint density at radius 3 is 2.63 bits per heavy atom. The lowest BCUT2D eigenvalue weighted by atomic mass is 10.1. The molecule has 1 aliphatic rings. The number of thiazole rings is 1. The van der Waals surface area contributed by atoms with E-state index < -0.39 is 0 Å². The van der Waals surface area contributed by atoms with E-state index in [1.54, 1.807) is 4.90 Å². The van der Waals surface area contributed by atoms with E-state index >= 15 is 0 Å². The van der Waals surface area contributed by atoms with Crippen molar-refractivity contribution in [1.29, 1.82) is 0 Å². The maximum absolute atomic E-state index is 12.6. The molecule has 0 aliphatic carbocycles. The van der Waals surface area contributed by atoms with Crippen LogP contribution in [-0.4, -0.2) is 23.3 Å². The highest BCUT2D eigenvalue weighted by Crippen LogP contribution is 2.28. The number of benzene rings is 2. The topological polar surface area (TPSA) is 62.3 Å². The molecular weight excluding hydrogens is 358 g/mol. The summed E-state index contributed by atoms with van der Waals surface area (Å²) in [6.45, 7) is 2.43. The standard InChI is InChI=1S/C21H19N3O2S/c1-14-7-9-15(10-8-14)18-13-27-21(22-18)23-20(26)16-11-19(25)24(12-16)17-5-3-2-4-6-17/h2-10,13,16H,11-12H2,1H3,(H,22,23,26)/t16-/m0/s1. The number of nitrogens with zero attached hydrogens (tertiary/aromatic N) is 2. The van der Waals surface area contributed by atoms with Crippen molar-refractivity contribution in [3.8, 4) is 11.3 Å². The van der Waals surface area contributed by atoms with Crippen molar-refractivity contribution in [1.82, 2.24) is 4.98 Å². The minimum atomic E-state index is -0.371. The number of hydrogen-bond acceptors (Lipinski definition) is 4. The van der Waals surface area contributed by atoms with E-state index in [-0.39, 0.29) is 24.2 Å². The summed E-state index contributed by atoms with van der Waals surface area (Å²) in [5.41, 5.74) is 3.87. The molecule has 0 saturated carbocycles. The second-order valence-electron chi connectivity index (χ2n) is 6.63. The van der Waals surface area contributed by atoms with Gasteiger partial charge in [-0.1, -0.05) is 48.0 Å². The van der Waals surface area contributed by atoms with Crippen LogP contribution in [0.4, 0.5) is 10.8 Å². The number of carbonyl (C=O) groups excluding carboxylic acids is 2. The predicted octanol–water partition coefficient (Wildman–Crippen LogP) is 4.11. The minimum Gasteiger partial charge on any atom is -0.312 e. The van der Waals surface area contributed by atoms with Crippen LogP contribution in [-0.2, 0) is 9.59 Å². The van der Waals surface area contributed by atoms with Crippen LogP contribution in [0.25, 0.3) is 11.3 Å². The number of aromatic nitrogens is 1. The van der Waals surface area contributed by atoms with Crippen molar-refractivity contribution in [3.05, 3.63) is 65.5 Å².